The Balaban J connectivity index is 1.64. The molecule has 2 aromatic rings. The number of nitrogens with one attached hydrogen (secondary N) is 1. The second-order valence-electron chi connectivity index (χ2n) is 6.33. The molecule has 1 fully saturated rings. The van der Waals surface area contributed by atoms with Crippen LogP contribution < -0.4 is 5.32 Å². The average molecular weight is 335 g/mol. The number of benzene rings is 1. The van der Waals surface area contributed by atoms with Gasteiger partial charge in [-0.15, -0.1) is 0 Å². The Hall–Kier alpha value is -2.28. The van der Waals surface area contributed by atoms with Crippen molar-refractivity contribution in [2.24, 2.45) is 0 Å². The minimum Gasteiger partial charge on any atom is -0.383 e. The van der Waals surface area contributed by atoms with Gasteiger partial charge in [0.05, 0.1) is 12.7 Å². The van der Waals surface area contributed by atoms with Crippen LogP contribution in [0.15, 0.2) is 36.7 Å². The number of anilines is 1. The first kappa shape index (κ1) is 16.6. The molecule has 7 heteroatoms. The van der Waals surface area contributed by atoms with Crippen molar-refractivity contribution in [1.82, 2.24) is 9.78 Å². The molecule has 5 nitrogen and oxygen atoms in total. The van der Waals surface area contributed by atoms with E-state index in [1.165, 1.54) is 0 Å². The fraction of sp³-hybridized carbons (Fsp3) is 0.412. The number of aromatic nitrogens is 2. The summed E-state index contributed by atoms with van der Waals surface area (Å²) in [5.74, 6) is -5.27. The predicted molar refractivity (Wildman–Crippen MR) is 84.9 cm³/mol. The summed E-state index contributed by atoms with van der Waals surface area (Å²) in [4.78, 5) is 11.8. The molecule has 0 bridgehead atoms. The standard InChI is InChI=1S/C17H19F2N3O2/c1-12-9-20-22(10-12)11-13-3-5-14(6-4-13)21-15(23)17(18,19)16(24)7-2-8-16/h3-6,9-10,24H,2,7-8,11H2,1H3,(H,21,23). The lowest BCUT2D eigenvalue weighted by molar-refractivity contribution is -0.212. The van der Waals surface area contributed by atoms with Crippen molar-refractivity contribution in [3.8, 4) is 0 Å². The molecule has 0 unspecified atom stereocenters. The monoisotopic (exact) mass is 335 g/mol. The zero-order valence-corrected chi connectivity index (χ0v) is 13.3. The Labute approximate surface area is 138 Å². The predicted octanol–water partition coefficient (Wildman–Crippen LogP) is 2.73. The van der Waals surface area contributed by atoms with Crippen LogP contribution in [0.5, 0.6) is 0 Å². The van der Waals surface area contributed by atoms with E-state index in [2.05, 4.69) is 10.4 Å². The number of amides is 1. The smallest absolute Gasteiger partial charge is 0.352 e. The Morgan fingerprint density at radius 3 is 2.54 bits per heavy atom. The van der Waals surface area contributed by atoms with Gasteiger partial charge in [-0.05, 0) is 49.4 Å². The number of hydrogen-bond donors (Lipinski definition) is 2. The summed E-state index contributed by atoms with van der Waals surface area (Å²) in [6, 6.07) is 6.60. The third kappa shape index (κ3) is 3.03. The van der Waals surface area contributed by atoms with E-state index in [1.807, 2.05) is 13.1 Å². The summed E-state index contributed by atoms with van der Waals surface area (Å²) in [5.41, 5.74) is 0.0353. The van der Waals surface area contributed by atoms with Crippen LogP contribution in [-0.4, -0.2) is 32.3 Å². The quantitative estimate of drug-likeness (QED) is 0.883. The van der Waals surface area contributed by atoms with Crippen molar-refractivity contribution < 1.29 is 18.7 Å². The number of rotatable bonds is 5. The number of aryl methyl sites for hydroxylation is 1. The highest BCUT2D eigenvalue weighted by atomic mass is 19.3. The Kier molecular flexibility index (Phi) is 4.13. The maximum Gasteiger partial charge on any atom is 0.352 e. The van der Waals surface area contributed by atoms with E-state index in [0.29, 0.717) is 13.0 Å². The first-order chi connectivity index (χ1) is 11.3. The SMILES string of the molecule is Cc1cnn(Cc2ccc(NC(=O)C(F)(F)C3(O)CCC3)cc2)c1. The fourth-order valence-corrected chi connectivity index (χ4v) is 2.68. The van der Waals surface area contributed by atoms with Crippen LogP contribution in [0.25, 0.3) is 0 Å². The number of alkyl halides is 2. The van der Waals surface area contributed by atoms with Gasteiger partial charge in [0, 0.05) is 11.9 Å². The summed E-state index contributed by atoms with van der Waals surface area (Å²) >= 11 is 0. The molecule has 1 aromatic heterocycles. The highest BCUT2D eigenvalue weighted by Gasteiger charge is 2.61. The minimum absolute atomic E-state index is 0.0599. The van der Waals surface area contributed by atoms with Gasteiger partial charge in [0.15, 0.2) is 0 Å². The summed E-state index contributed by atoms with van der Waals surface area (Å²) in [7, 11) is 0. The molecule has 128 valence electrons. The van der Waals surface area contributed by atoms with E-state index in [0.717, 1.165) is 11.1 Å². The molecule has 2 N–H and O–H groups in total. The van der Waals surface area contributed by atoms with Crippen molar-refractivity contribution >= 4 is 11.6 Å². The lowest BCUT2D eigenvalue weighted by Gasteiger charge is -2.41. The van der Waals surface area contributed by atoms with E-state index in [9.17, 15) is 18.7 Å². The summed E-state index contributed by atoms with van der Waals surface area (Å²) in [6.45, 7) is 2.50. The fourth-order valence-electron chi connectivity index (χ4n) is 2.68. The molecule has 24 heavy (non-hydrogen) atoms. The molecule has 1 heterocycles. The second-order valence-corrected chi connectivity index (χ2v) is 6.33. The highest BCUT2D eigenvalue weighted by Crippen LogP contribution is 2.44. The van der Waals surface area contributed by atoms with Gasteiger partial charge in [-0.2, -0.15) is 13.9 Å². The first-order valence-electron chi connectivity index (χ1n) is 7.80. The molecule has 1 aromatic carbocycles. The first-order valence-corrected chi connectivity index (χ1v) is 7.80. The van der Waals surface area contributed by atoms with Gasteiger partial charge in [0.2, 0.25) is 0 Å². The van der Waals surface area contributed by atoms with Crippen molar-refractivity contribution in [1.29, 1.82) is 0 Å². The molecule has 0 saturated heterocycles. The lowest BCUT2D eigenvalue weighted by Crippen LogP contribution is -2.59. The highest BCUT2D eigenvalue weighted by molar-refractivity contribution is 5.97. The number of hydrogen-bond acceptors (Lipinski definition) is 3. The van der Waals surface area contributed by atoms with Gasteiger partial charge in [-0.25, -0.2) is 0 Å². The number of nitrogens with zero attached hydrogens (tertiary/aromatic N) is 2. The topological polar surface area (TPSA) is 67.2 Å². The van der Waals surface area contributed by atoms with Gasteiger partial charge >= 0.3 is 5.92 Å². The molecule has 1 aliphatic carbocycles. The Bertz CT molecular complexity index is 737. The lowest BCUT2D eigenvalue weighted by atomic mass is 9.75. The van der Waals surface area contributed by atoms with Crippen molar-refractivity contribution in [2.45, 2.75) is 44.3 Å². The molecule has 0 aliphatic heterocycles. The van der Waals surface area contributed by atoms with Crippen molar-refractivity contribution in [2.75, 3.05) is 5.32 Å². The molecular weight excluding hydrogens is 316 g/mol. The van der Waals surface area contributed by atoms with Crippen LogP contribution in [0.4, 0.5) is 14.5 Å². The van der Waals surface area contributed by atoms with Gasteiger partial charge in [-0.1, -0.05) is 12.1 Å². The van der Waals surface area contributed by atoms with Crippen LogP contribution in [0, 0.1) is 6.92 Å². The normalized spacial score (nSPS) is 16.5. The molecule has 1 amide bonds. The number of aliphatic hydroxyl groups is 1. The van der Waals surface area contributed by atoms with E-state index in [-0.39, 0.29) is 18.5 Å². The Morgan fingerprint density at radius 2 is 2.04 bits per heavy atom. The van der Waals surface area contributed by atoms with Crippen molar-refractivity contribution in [3.63, 3.8) is 0 Å². The molecule has 0 radical (unpaired) electrons. The summed E-state index contributed by atoms with van der Waals surface area (Å²) in [5, 5.41) is 16.1. The van der Waals surface area contributed by atoms with Gasteiger partial charge in [0.25, 0.3) is 5.91 Å². The maximum atomic E-state index is 14.0. The van der Waals surface area contributed by atoms with E-state index in [1.54, 1.807) is 35.1 Å². The molecule has 1 aliphatic rings. The van der Waals surface area contributed by atoms with Crippen LogP contribution >= 0.6 is 0 Å². The summed E-state index contributed by atoms with van der Waals surface area (Å²) in [6.07, 6.45) is 4.03. The van der Waals surface area contributed by atoms with E-state index < -0.39 is 17.4 Å². The van der Waals surface area contributed by atoms with Gasteiger partial charge in [0.1, 0.15) is 5.60 Å². The molecule has 3 rings (SSSR count). The van der Waals surface area contributed by atoms with E-state index >= 15 is 0 Å². The molecular formula is C17H19F2N3O2. The second kappa shape index (κ2) is 5.98. The van der Waals surface area contributed by atoms with Crippen LogP contribution in [-0.2, 0) is 11.3 Å². The summed E-state index contributed by atoms with van der Waals surface area (Å²) < 4.78 is 29.8. The largest absolute Gasteiger partial charge is 0.383 e. The van der Waals surface area contributed by atoms with Gasteiger partial charge in [-0.3, -0.25) is 9.48 Å². The third-order valence-corrected chi connectivity index (χ3v) is 4.37. The van der Waals surface area contributed by atoms with Crippen LogP contribution in [0.3, 0.4) is 0 Å². The van der Waals surface area contributed by atoms with Crippen molar-refractivity contribution in [3.05, 3.63) is 47.8 Å². The number of carbonyl (C=O) groups excluding carboxylic acids is 1. The van der Waals surface area contributed by atoms with E-state index in [4.69, 9.17) is 0 Å². The molecule has 1 saturated carbocycles. The number of halogens is 2. The molecule has 0 spiro atoms. The third-order valence-electron chi connectivity index (χ3n) is 4.37. The zero-order valence-electron chi connectivity index (χ0n) is 13.3. The maximum absolute atomic E-state index is 14.0. The average Bonchev–Trinajstić information content (AvgIpc) is 2.91. The van der Waals surface area contributed by atoms with Gasteiger partial charge < -0.3 is 10.4 Å². The van der Waals surface area contributed by atoms with Crippen LogP contribution in [0.2, 0.25) is 0 Å². The Morgan fingerprint density at radius 1 is 1.38 bits per heavy atom. The minimum atomic E-state index is -3.80. The zero-order chi connectivity index (χ0) is 17.4. The number of carbonyl (C=O) groups is 1. The van der Waals surface area contributed by atoms with Crippen LogP contribution in [0.1, 0.15) is 30.4 Å². The molecule has 0 atom stereocenters.